The molecule has 3 heteroatoms. The molecule has 0 saturated carbocycles. The average Bonchev–Trinajstić information content (AvgIpc) is 1.86. The SMILES string of the molecule is Cc1[c-]scc1.[Br-].[Mg+2]. The van der Waals surface area contributed by atoms with Crippen molar-refractivity contribution >= 4 is 34.4 Å². The van der Waals surface area contributed by atoms with Gasteiger partial charge < -0.3 is 28.3 Å². The van der Waals surface area contributed by atoms with Crippen LogP contribution in [0.3, 0.4) is 0 Å². The van der Waals surface area contributed by atoms with Crippen molar-refractivity contribution in [3.63, 3.8) is 0 Å². The summed E-state index contributed by atoms with van der Waals surface area (Å²) in [5.74, 6) is 0. The Morgan fingerprint density at radius 3 is 2.38 bits per heavy atom. The molecule has 0 aromatic carbocycles. The largest absolute Gasteiger partial charge is 2.00 e. The molecule has 0 nitrogen and oxygen atoms in total. The van der Waals surface area contributed by atoms with E-state index in [0.717, 1.165) is 0 Å². The Bertz CT molecular complexity index is 116. The third-order valence-corrected chi connectivity index (χ3v) is 1.32. The molecular weight excluding hydrogens is 196 g/mol. The van der Waals surface area contributed by atoms with Gasteiger partial charge in [-0.2, -0.15) is 10.9 Å². The van der Waals surface area contributed by atoms with Gasteiger partial charge >= 0.3 is 23.1 Å². The zero-order valence-corrected chi connectivity index (χ0v) is 8.46. The molecule has 1 aromatic rings. The quantitative estimate of drug-likeness (QED) is 0.353. The van der Waals surface area contributed by atoms with Crippen LogP contribution in [-0.2, 0) is 0 Å². The second kappa shape index (κ2) is 6.07. The van der Waals surface area contributed by atoms with Crippen molar-refractivity contribution in [3.8, 4) is 0 Å². The van der Waals surface area contributed by atoms with Gasteiger partial charge in [-0.15, -0.1) is 5.38 Å². The molecule has 1 aromatic heterocycles. The van der Waals surface area contributed by atoms with Crippen molar-refractivity contribution in [2.24, 2.45) is 0 Å². The van der Waals surface area contributed by atoms with Crippen molar-refractivity contribution in [2.45, 2.75) is 6.92 Å². The maximum Gasteiger partial charge on any atom is 2.00 e. The zero-order valence-electron chi connectivity index (χ0n) is 4.65. The Kier molecular flexibility index (Phi) is 8.89. The van der Waals surface area contributed by atoms with Gasteiger partial charge in [-0.1, -0.05) is 6.92 Å². The van der Waals surface area contributed by atoms with E-state index in [1.54, 1.807) is 11.3 Å². The van der Waals surface area contributed by atoms with E-state index in [-0.39, 0.29) is 40.0 Å². The van der Waals surface area contributed by atoms with E-state index >= 15 is 0 Å². The topological polar surface area (TPSA) is 0 Å². The Balaban J connectivity index is 0. The average molecular weight is 201 g/mol. The Morgan fingerprint density at radius 1 is 1.62 bits per heavy atom. The fraction of sp³-hybridized carbons (Fsp3) is 0.200. The molecule has 0 atom stereocenters. The van der Waals surface area contributed by atoms with Gasteiger partial charge in [-0.05, 0) is 0 Å². The van der Waals surface area contributed by atoms with E-state index in [1.165, 1.54) is 5.56 Å². The fourth-order valence-corrected chi connectivity index (χ4v) is 0.891. The van der Waals surface area contributed by atoms with Gasteiger partial charge in [0.15, 0.2) is 0 Å². The minimum atomic E-state index is 0. The van der Waals surface area contributed by atoms with Gasteiger partial charge in [0.2, 0.25) is 0 Å². The molecule has 0 spiro atoms. The van der Waals surface area contributed by atoms with Crippen molar-refractivity contribution in [2.75, 3.05) is 0 Å². The molecular formula is C5H5BrMgS. The van der Waals surface area contributed by atoms with Gasteiger partial charge in [-0.3, -0.25) is 0 Å². The minimum absolute atomic E-state index is 0. The molecule has 0 bridgehead atoms. The molecule has 40 valence electrons. The van der Waals surface area contributed by atoms with Gasteiger partial charge in [0.1, 0.15) is 0 Å². The molecule has 0 aliphatic carbocycles. The monoisotopic (exact) mass is 200 g/mol. The first-order valence-electron chi connectivity index (χ1n) is 1.81. The van der Waals surface area contributed by atoms with E-state index < -0.39 is 0 Å². The summed E-state index contributed by atoms with van der Waals surface area (Å²) in [4.78, 5) is 0. The van der Waals surface area contributed by atoms with Crippen LogP contribution < -0.4 is 17.0 Å². The molecule has 1 rings (SSSR count). The van der Waals surface area contributed by atoms with Crippen LogP contribution in [0.25, 0.3) is 0 Å². The first-order valence-corrected chi connectivity index (χ1v) is 2.69. The van der Waals surface area contributed by atoms with Crippen molar-refractivity contribution in [3.05, 3.63) is 22.4 Å². The van der Waals surface area contributed by atoms with E-state index in [9.17, 15) is 0 Å². The number of hydrogen-bond acceptors (Lipinski definition) is 1. The number of aryl methyl sites for hydroxylation is 1. The van der Waals surface area contributed by atoms with E-state index in [4.69, 9.17) is 0 Å². The van der Waals surface area contributed by atoms with E-state index in [1.807, 2.05) is 18.4 Å². The van der Waals surface area contributed by atoms with Crippen LogP contribution in [0, 0.1) is 12.3 Å². The van der Waals surface area contributed by atoms with Crippen molar-refractivity contribution in [1.29, 1.82) is 0 Å². The van der Waals surface area contributed by atoms with Crippen LogP contribution in [0.2, 0.25) is 0 Å². The molecule has 1 heterocycles. The van der Waals surface area contributed by atoms with Gasteiger partial charge in [-0.25, -0.2) is 6.07 Å². The summed E-state index contributed by atoms with van der Waals surface area (Å²) in [6.45, 7) is 2.04. The van der Waals surface area contributed by atoms with Crippen molar-refractivity contribution in [1.82, 2.24) is 0 Å². The smallest absolute Gasteiger partial charge is 1.00 e. The Labute approximate surface area is 80.2 Å². The summed E-state index contributed by atoms with van der Waals surface area (Å²) in [6.07, 6.45) is 0. The third-order valence-electron chi connectivity index (χ3n) is 0.606. The van der Waals surface area contributed by atoms with Crippen LogP contribution in [0.4, 0.5) is 0 Å². The standard InChI is InChI=1S/C5H5S.BrH.Mg/c1-5-2-3-6-4-5;;/h2-3H,1H3;1H;/q-1;;+2/p-1. The number of thiophene rings is 1. The predicted octanol–water partition coefficient (Wildman–Crippen LogP) is -1.52. The Hall–Kier alpha value is 0.946. The predicted molar refractivity (Wildman–Crippen MR) is 33.6 cm³/mol. The summed E-state index contributed by atoms with van der Waals surface area (Å²) >= 11 is 1.61. The fourth-order valence-electron chi connectivity index (χ4n) is 0.297. The van der Waals surface area contributed by atoms with Gasteiger partial charge in [0, 0.05) is 0 Å². The number of rotatable bonds is 0. The van der Waals surface area contributed by atoms with Crippen molar-refractivity contribution < 1.29 is 17.0 Å². The third kappa shape index (κ3) is 3.89. The number of hydrogen-bond donors (Lipinski definition) is 0. The summed E-state index contributed by atoms with van der Waals surface area (Å²) in [5, 5.41) is 5.06. The summed E-state index contributed by atoms with van der Waals surface area (Å²) in [7, 11) is 0. The molecule has 0 aliphatic heterocycles. The molecule has 0 aliphatic rings. The molecule has 0 N–H and O–H groups in total. The summed E-state index contributed by atoms with van der Waals surface area (Å²) < 4.78 is 0. The second-order valence-corrected chi connectivity index (χ2v) is 1.92. The maximum absolute atomic E-state index is 3.04. The molecule has 0 amide bonds. The van der Waals surface area contributed by atoms with Gasteiger partial charge in [0.25, 0.3) is 0 Å². The summed E-state index contributed by atoms with van der Waals surface area (Å²) in [6, 6.07) is 2.05. The zero-order chi connectivity index (χ0) is 4.41. The summed E-state index contributed by atoms with van der Waals surface area (Å²) in [5.41, 5.74) is 1.24. The second-order valence-electron chi connectivity index (χ2n) is 1.21. The van der Waals surface area contributed by atoms with Crippen LogP contribution in [0.5, 0.6) is 0 Å². The normalized spacial score (nSPS) is 6.62. The molecule has 0 saturated heterocycles. The minimum Gasteiger partial charge on any atom is -1.00 e. The van der Waals surface area contributed by atoms with Crippen LogP contribution in [-0.4, -0.2) is 23.1 Å². The first-order chi connectivity index (χ1) is 2.89. The molecule has 8 heavy (non-hydrogen) atoms. The number of halogens is 1. The van der Waals surface area contributed by atoms with Crippen LogP contribution >= 0.6 is 11.3 Å². The van der Waals surface area contributed by atoms with Crippen LogP contribution in [0.15, 0.2) is 11.4 Å². The van der Waals surface area contributed by atoms with E-state index in [2.05, 4.69) is 5.38 Å². The molecule has 0 fully saturated rings. The molecule has 0 radical (unpaired) electrons. The van der Waals surface area contributed by atoms with E-state index in [0.29, 0.717) is 0 Å². The van der Waals surface area contributed by atoms with Crippen LogP contribution in [0.1, 0.15) is 5.56 Å². The van der Waals surface area contributed by atoms with Gasteiger partial charge in [0.05, 0.1) is 0 Å². The Morgan fingerprint density at radius 2 is 2.25 bits per heavy atom. The maximum atomic E-state index is 3.04. The first kappa shape index (κ1) is 11.7. The molecule has 0 unspecified atom stereocenters.